The molecule has 8 N–H and O–H groups in total. The zero-order valence-corrected chi connectivity index (χ0v) is 20.6. The fourth-order valence-electron chi connectivity index (χ4n) is 5.17. The number of para-hydroxylation sites is 1. The molecule has 0 saturated heterocycles. The summed E-state index contributed by atoms with van der Waals surface area (Å²) in [5.41, 5.74) is 14.5. The Morgan fingerprint density at radius 3 is 2.41 bits per heavy atom. The number of esters is 1. The van der Waals surface area contributed by atoms with Gasteiger partial charge in [0, 0.05) is 35.9 Å². The Hall–Kier alpha value is -3.08. The minimum Gasteiger partial charge on any atom is -0.461 e. The number of rotatable bonds is 10. The van der Waals surface area contributed by atoms with Gasteiger partial charge in [0.2, 0.25) is 0 Å². The maximum atomic E-state index is 13.3. The summed E-state index contributed by atoms with van der Waals surface area (Å²) < 4.78 is 5.56. The number of carbonyl (C=O) groups excluding carboxylic acids is 2. The van der Waals surface area contributed by atoms with Gasteiger partial charge in [0.25, 0.3) is 0 Å². The molecule has 1 heterocycles. The van der Waals surface area contributed by atoms with Crippen molar-refractivity contribution in [3.8, 4) is 0 Å². The van der Waals surface area contributed by atoms with E-state index in [9.17, 15) is 24.9 Å². The van der Waals surface area contributed by atoms with E-state index in [4.69, 9.17) is 16.2 Å². The Morgan fingerprint density at radius 1 is 1.00 bits per heavy atom. The van der Waals surface area contributed by atoms with Crippen molar-refractivity contribution in [3.63, 3.8) is 0 Å². The third kappa shape index (κ3) is 6.26. The van der Waals surface area contributed by atoms with Crippen LogP contribution in [-0.2, 0) is 27.4 Å². The van der Waals surface area contributed by atoms with Crippen LogP contribution in [0.3, 0.4) is 0 Å². The molecule has 1 aliphatic carbocycles. The summed E-state index contributed by atoms with van der Waals surface area (Å²) in [6.45, 7) is 0.157. The van der Waals surface area contributed by atoms with Gasteiger partial charge in [-0.2, -0.15) is 0 Å². The highest BCUT2D eigenvalue weighted by Gasteiger charge is 2.46. The lowest BCUT2D eigenvalue weighted by Crippen LogP contribution is -2.58. The van der Waals surface area contributed by atoms with Crippen LogP contribution in [0.2, 0.25) is 0 Å². The Bertz CT molecular complexity index is 1160. The van der Waals surface area contributed by atoms with Gasteiger partial charge in [-0.3, -0.25) is 9.59 Å². The average molecular weight is 510 g/mol. The molecule has 2 unspecified atom stereocenters. The van der Waals surface area contributed by atoms with Crippen LogP contribution in [0.15, 0.2) is 60.7 Å². The van der Waals surface area contributed by atoms with Crippen molar-refractivity contribution < 1.29 is 29.6 Å². The zero-order chi connectivity index (χ0) is 26.5. The number of carbonyl (C=O) groups is 2. The second kappa shape index (κ2) is 12.0. The van der Waals surface area contributed by atoms with E-state index in [-0.39, 0.29) is 32.4 Å². The Kier molecular flexibility index (Phi) is 8.73. The van der Waals surface area contributed by atoms with Gasteiger partial charge in [-0.15, -0.1) is 0 Å². The van der Waals surface area contributed by atoms with Gasteiger partial charge >= 0.3 is 5.97 Å². The predicted octanol–water partition coefficient (Wildman–Crippen LogP) is 1.03. The van der Waals surface area contributed by atoms with E-state index in [2.05, 4.69) is 4.98 Å². The van der Waals surface area contributed by atoms with Gasteiger partial charge in [0.1, 0.15) is 12.7 Å². The number of hydrogen-bond acceptors (Lipinski definition) is 8. The van der Waals surface area contributed by atoms with Crippen molar-refractivity contribution in [2.45, 2.75) is 50.2 Å². The number of fused-ring (bicyclic) bond motifs is 1. The van der Waals surface area contributed by atoms with Crippen LogP contribution in [0.5, 0.6) is 0 Å². The molecule has 37 heavy (non-hydrogen) atoms. The quantitative estimate of drug-likeness (QED) is 0.220. The second-order valence-corrected chi connectivity index (χ2v) is 9.94. The smallest absolute Gasteiger partial charge is 0.310 e. The van der Waals surface area contributed by atoms with Gasteiger partial charge in [-0.25, -0.2) is 0 Å². The molecular formula is C28H35N3O6. The molecule has 1 aliphatic rings. The molecule has 9 heteroatoms. The summed E-state index contributed by atoms with van der Waals surface area (Å²) >= 11 is 0. The van der Waals surface area contributed by atoms with Crippen molar-refractivity contribution in [1.82, 2.24) is 4.98 Å². The molecular weight excluding hydrogens is 474 g/mol. The van der Waals surface area contributed by atoms with Crippen molar-refractivity contribution in [1.29, 1.82) is 0 Å². The van der Waals surface area contributed by atoms with E-state index in [0.717, 1.165) is 22.2 Å². The van der Waals surface area contributed by atoms with Crippen LogP contribution in [-0.4, -0.2) is 63.0 Å². The first-order valence-corrected chi connectivity index (χ1v) is 12.6. The van der Waals surface area contributed by atoms with Crippen molar-refractivity contribution in [2.24, 2.45) is 29.2 Å². The highest BCUT2D eigenvalue weighted by atomic mass is 16.5. The summed E-state index contributed by atoms with van der Waals surface area (Å²) in [5.74, 6) is -3.06. The molecule has 0 bridgehead atoms. The number of nitrogens with one attached hydrogen (secondary N) is 1. The number of Topliss-reactive ketones (excluding diaryl/α,β-unsaturated/α-hetero) is 1. The van der Waals surface area contributed by atoms with Crippen LogP contribution in [0, 0.1) is 17.8 Å². The molecule has 1 fully saturated rings. The number of nitrogens with two attached hydrogens (primary N) is 2. The average Bonchev–Trinajstić information content (AvgIpc) is 3.33. The van der Waals surface area contributed by atoms with E-state index in [1.807, 2.05) is 60.7 Å². The predicted molar refractivity (Wildman–Crippen MR) is 138 cm³/mol. The lowest BCUT2D eigenvalue weighted by Gasteiger charge is -2.42. The largest absolute Gasteiger partial charge is 0.461 e. The van der Waals surface area contributed by atoms with Crippen LogP contribution in [0.4, 0.5) is 0 Å². The Morgan fingerprint density at radius 2 is 1.70 bits per heavy atom. The number of aromatic amines is 1. The first kappa shape index (κ1) is 27.0. The van der Waals surface area contributed by atoms with Crippen LogP contribution in [0.25, 0.3) is 10.9 Å². The van der Waals surface area contributed by atoms with Crippen LogP contribution < -0.4 is 11.5 Å². The van der Waals surface area contributed by atoms with Gasteiger partial charge in [0.05, 0.1) is 24.2 Å². The van der Waals surface area contributed by atoms with Crippen LogP contribution >= 0.6 is 0 Å². The standard InChI is InChI=1S/C28H35N3O6/c29-14-19-12-21(26(34)27(35)25(19)33)24(30)23(32)13-18(28(36)37-15-16-6-2-1-3-7-16)11-20-10-17-8-4-5-9-22(17)31-20/h1-10,18-19,21,24-27,31,33-35H,11-15,29-30H2/t18-,19?,21+,24-,25-,26?,27+/m1/s1. The lowest BCUT2D eigenvalue weighted by molar-refractivity contribution is -0.153. The minimum absolute atomic E-state index is 0.0761. The topological polar surface area (TPSA) is 172 Å². The molecule has 198 valence electrons. The monoisotopic (exact) mass is 509 g/mol. The number of hydrogen-bond donors (Lipinski definition) is 6. The van der Waals surface area contributed by atoms with Gasteiger partial charge < -0.3 is 36.5 Å². The Balaban J connectivity index is 1.50. The lowest BCUT2D eigenvalue weighted by atomic mass is 9.71. The number of H-pyrrole nitrogens is 1. The molecule has 0 aliphatic heterocycles. The number of ether oxygens (including phenoxy) is 1. The van der Waals surface area contributed by atoms with Gasteiger partial charge in [-0.05, 0) is 36.0 Å². The van der Waals surface area contributed by atoms with Crippen molar-refractivity contribution in [2.75, 3.05) is 6.54 Å². The van der Waals surface area contributed by atoms with Crippen molar-refractivity contribution in [3.05, 3.63) is 71.9 Å². The Labute approximate surface area is 215 Å². The maximum absolute atomic E-state index is 13.3. The molecule has 1 saturated carbocycles. The molecule has 9 nitrogen and oxygen atoms in total. The summed E-state index contributed by atoms with van der Waals surface area (Å²) in [6.07, 6.45) is -3.80. The van der Waals surface area contributed by atoms with E-state index in [1.165, 1.54) is 0 Å². The maximum Gasteiger partial charge on any atom is 0.310 e. The fraction of sp³-hybridized carbons (Fsp3) is 0.429. The molecule has 0 radical (unpaired) electrons. The molecule has 1 aromatic heterocycles. The van der Waals surface area contributed by atoms with Crippen LogP contribution in [0.1, 0.15) is 24.1 Å². The highest BCUT2D eigenvalue weighted by Crippen LogP contribution is 2.32. The number of aliphatic hydroxyl groups is 3. The minimum atomic E-state index is -1.45. The second-order valence-electron chi connectivity index (χ2n) is 9.94. The number of benzene rings is 2. The molecule has 0 spiro atoms. The molecule has 7 atom stereocenters. The number of aliphatic hydroxyl groups excluding tert-OH is 3. The van der Waals surface area contributed by atoms with Gasteiger partial charge in [0.15, 0.2) is 5.78 Å². The third-order valence-electron chi connectivity index (χ3n) is 7.39. The zero-order valence-electron chi connectivity index (χ0n) is 20.6. The fourth-order valence-corrected chi connectivity index (χ4v) is 5.17. The molecule has 0 amide bonds. The number of aromatic nitrogens is 1. The van der Waals surface area contributed by atoms with E-state index < -0.39 is 53.9 Å². The summed E-state index contributed by atoms with van der Waals surface area (Å²) in [5, 5.41) is 31.9. The molecule has 2 aromatic carbocycles. The highest BCUT2D eigenvalue weighted by molar-refractivity contribution is 5.88. The first-order valence-electron chi connectivity index (χ1n) is 12.6. The normalized spacial score (nSPS) is 25.5. The summed E-state index contributed by atoms with van der Waals surface area (Å²) in [7, 11) is 0. The SMILES string of the molecule is NCC1C[C@@H]([C@@H](N)C(=O)C[C@@H](Cc2cc3ccccc3[nH]2)C(=O)OCc2ccccc2)C(O)[C@@H](O)[C@@H]1O. The third-order valence-corrected chi connectivity index (χ3v) is 7.39. The van der Waals surface area contributed by atoms with E-state index >= 15 is 0 Å². The first-order chi connectivity index (χ1) is 17.8. The van der Waals surface area contributed by atoms with E-state index in [0.29, 0.717) is 0 Å². The van der Waals surface area contributed by atoms with Gasteiger partial charge in [-0.1, -0.05) is 48.5 Å². The molecule has 4 rings (SSSR count). The van der Waals surface area contributed by atoms with Crippen molar-refractivity contribution >= 4 is 22.7 Å². The summed E-state index contributed by atoms with van der Waals surface area (Å²) in [4.78, 5) is 29.7. The molecule has 3 aromatic rings. The number of ketones is 1. The summed E-state index contributed by atoms with van der Waals surface area (Å²) in [6, 6.07) is 17.8. The van der Waals surface area contributed by atoms with E-state index in [1.54, 1.807) is 0 Å².